The molecule has 0 aliphatic heterocycles. The molecule has 0 spiro atoms. The summed E-state index contributed by atoms with van der Waals surface area (Å²) in [4.78, 5) is 23.0. The molecule has 7 nitrogen and oxygen atoms in total. The van der Waals surface area contributed by atoms with Crippen molar-refractivity contribution in [2.75, 3.05) is 18.0 Å². The molecule has 0 aromatic heterocycles. The number of nitrogens with one attached hydrogen (secondary N) is 2. The number of nitrogens with zero attached hydrogens (tertiary/aromatic N) is 1. The topological polar surface area (TPSA) is 120 Å². The summed E-state index contributed by atoms with van der Waals surface area (Å²) in [5.74, 6) is -1.35. The molecule has 7 heteroatoms. The van der Waals surface area contributed by atoms with Gasteiger partial charge in [-0.25, -0.2) is 4.79 Å². The SMILES string of the molecule is CC(=O)NCCN(C(=N)N)c1ccc(C(=O)O)cc1. The van der Waals surface area contributed by atoms with Crippen LogP contribution in [0, 0.1) is 5.41 Å². The monoisotopic (exact) mass is 264 g/mol. The zero-order valence-electron chi connectivity index (χ0n) is 10.5. The van der Waals surface area contributed by atoms with Crippen LogP contribution in [0.25, 0.3) is 0 Å². The van der Waals surface area contributed by atoms with Crippen molar-refractivity contribution in [3.05, 3.63) is 29.8 Å². The predicted octanol–water partition coefficient (Wildman–Crippen LogP) is 0.221. The third-order valence-corrected chi connectivity index (χ3v) is 2.43. The maximum atomic E-state index is 10.8. The number of hydrogen-bond donors (Lipinski definition) is 4. The van der Waals surface area contributed by atoms with Crippen molar-refractivity contribution in [2.24, 2.45) is 5.73 Å². The van der Waals surface area contributed by atoms with Gasteiger partial charge in [-0.3, -0.25) is 10.2 Å². The number of aromatic carboxylic acids is 1. The van der Waals surface area contributed by atoms with E-state index in [1.165, 1.54) is 24.0 Å². The van der Waals surface area contributed by atoms with E-state index >= 15 is 0 Å². The van der Waals surface area contributed by atoms with E-state index in [0.717, 1.165) is 0 Å². The van der Waals surface area contributed by atoms with Gasteiger partial charge in [0, 0.05) is 25.7 Å². The molecule has 0 saturated carbocycles. The van der Waals surface area contributed by atoms with E-state index in [0.29, 0.717) is 18.8 Å². The Labute approximate surface area is 110 Å². The predicted molar refractivity (Wildman–Crippen MR) is 71.3 cm³/mol. The van der Waals surface area contributed by atoms with Gasteiger partial charge in [0.1, 0.15) is 0 Å². The van der Waals surface area contributed by atoms with Gasteiger partial charge < -0.3 is 21.1 Å². The van der Waals surface area contributed by atoms with Crippen molar-refractivity contribution in [3.8, 4) is 0 Å². The Balaban J connectivity index is 2.78. The van der Waals surface area contributed by atoms with Gasteiger partial charge in [-0.05, 0) is 24.3 Å². The average molecular weight is 264 g/mol. The smallest absolute Gasteiger partial charge is 0.335 e. The minimum Gasteiger partial charge on any atom is -0.478 e. The highest BCUT2D eigenvalue weighted by Crippen LogP contribution is 2.14. The maximum absolute atomic E-state index is 10.8. The normalized spacial score (nSPS) is 9.74. The number of carboxylic acid groups (broad SMARTS) is 1. The highest BCUT2D eigenvalue weighted by Gasteiger charge is 2.10. The lowest BCUT2D eigenvalue weighted by atomic mass is 10.2. The second-order valence-corrected chi connectivity index (χ2v) is 3.87. The number of carbonyl (C=O) groups is 2. The van der Waals surface area contributed by atoms with E-state index in [9.17, 15) is 9.59 Å². The van der Waals surface area contributed by atoms with Crippen LogP contribution in [-0.4, -0.2) is 36.0 Å². The average Bonchev–Trinajstić information content (AvgIpc) is 2.34. The van der Waals surface area contributed by atoms with E-state index < -0.39 is 5.97 Å². The van der Waals surface area contributed by atoms with E-state index in [-0.39, 0.29) is 17.4 Å². The molecule has 0 bridgehead atoms. The van der Waals surface area contributed by atoms with Gasteiger partial charge >= 0.3 is 5.97 Å². The minimum atomic E-state index is -1.01. The standard InChI is InChI=1S/C12H16N4O3/c1-8(17)15-6-7-16(12(13)14)10-4-2-9(3-5-10)11(18)19/h2-5H,6-7H2,1H3,(H3,13,14)(H,15,17)(H,18,19). The van der Waals surface area contributed by atoms with Gasteiger partial charge in [-0.2, -0.15) is 0 Å². The molecule has 0 aliphatic rings. The van der Waals surface area contributed by atoms with Gasteiger partial charge in [0.25, 0.3) is 0 Å². The quantitative estimate of drug-likeness (QED) is 0.448. The molecule has 1 aromatic rings. The molecule has 5 N–H and O–H groups in total. The fourth-order valence-corrected chi connectivity index (χ4v) is 1.52. The number of anilines is 1. The number of carboxylic acids is 1. The Morgan fingerprint density at radius 1 is 1.37 bits per heavy atom. The summed E-state index contributed by atoms with van der Waals surface area (Å²) in [6, 6.07) is 6.01. The first kappa shape index (κ1) is 14.5. The molecule has 0 atom stereocenters. The first-order valence-corrected chi connectivity index (χ1v) is 5.61. The molecular formula is C12H16N4O3. The molecule has 0 fully saturated rings. The summed E-state index contributed by atoms with van der Waals surface area (Å²) in [5, 5.41) is 18.9. The Hall–Kier alpha value is -2.57. The van der Waals surface area contributed by atoms with E-state index in [4.69, 9.17) is 16.2 Å². The van der Waals surface area contributed by atoms with Crippen LogP contribution in [0.1, 0.15) is 17.3 Å². The lowest BCUT2D eigenvalue weighted by Gasteiger charge is -2.22. The lowest BCUT2D eigenvalue weighted by molar-refractivity contribution is -0.118. The van der Waals surface area contributed by atoms with Crippen molar-refractivity contribution in [3.63, 3.8) is 0 Å². The molecule has 0 heterocycles. The zero-order valence-corrected chi connectivity index (χ0v) is 10.5. The number of carbonyl (C=O) groups excluding carboxylic acids is 1. The zero-order chi connectivity index (χ0) is 14.4. The second-order valence-electron chi connectivity index (χ2n) is 3.87. The third-order valence-electron chi connectivity index (χ3n) is 2.43. The van der Waals surface area contributed by atoms with Crippen LogP contribution in [0.4, 0.5) is 5.69 Å². The second kappa shape index (κ2) is 6.39. The Bertz CT molecular complexity index is 484. The molecule has 0 unspecified atom stereocenters. The third kappa shape index (κ3) is 4.30. The Morgan fingerprint density at radius 3 is 2.37 bits per heavy atom. The van der Waals surface area contributed by atoms with Crippen LogP contribution >= 0.6 is 0 Å². The van der Waals surface area contributed by atoms with Crippen molar-refractivity contribution < 1.29 is 14.7 Å². The number of benzene rings is 1. The van der Waals surface area contributed by atoms with Gasteiger partial charge in [0.05, 0.1) is 5.56 Å². The van der Waals surface area contributed by atoms with Crippen molar-refractivity contribution in [1.82, 2.24) is 5.32 Å². The minimum absolute atomic E-state index is 0.161. The summed E-state index contributed by atoms with van der Waals surface area (Å²) in [5.41, 5.74) is 6.22. The number of hydrogen-bond acceptors (Lipinski definition) is 3. The highest BCUT2D eigenvalue weighted by molar-refractivity contribution is 5.93. The number of amides is 1. The highest BCUT2D eigenvalue weighted by atomic mass is 16.4. The van der Waals surface area contributed by atoms with Crippen LogP contribution < -0.4 is 16.0 Å². The molecule has 1 aromatic carbocycles. The molecule has 0 aliphatic carbocycles. The van der Waals surface area contributed by atoms with Crippen LogP contribution in [-0.2, 0) is 4.79 Å². The summed E-state index contributed by atoms with van der Waals surface area (Å²) in [6.07, 6.45) is 0. The maximum Gasteiger partial charge on any atom is 0.335 e. The molecule has 19 heavy (non-hydrogen) atoms. The molecule has 0 saturated heterocycles. The van der Waals surface area contributed by atoms with Crippen LogP contribution in [0.15, 0.2) is 24.3 Å². The van der Waals surface area contributed by atoms with Crippen molar-refractivity contribution in [1.29, 1.82) is 5.41 Å². The number of nitrogens with two attached hydrogens (primary N) is 1. The summed E-state index contributed by atoms with van der Waals surface area (Å²) in [6.45, 7) is 2.08. The van der Waals surface area contributed by atoms with Crippen LogP contribution in [0.3, 0.4) is 0 Å². The summed E-state index contributed by atoms with van der Waals surface area (Å²) in [7, 11) is 0. The van der Waals surface area contributed by atoms with Gasteiger partial charge in [0.2, 0.25) is 5.91 Å². The van der Waals surface area contributed by atoms with Gasteiger partial charge in [-0.1, -0.05) is 0 Å². The van der Waals surface area contributed by atoms with E-state index in [1.807, 2.05) is 0 Å². The molecular weight excluding hydrogens is 248 g/mol. The largest absolute Gasteiger partial charge is 0.478 e. The van der Waals surface area contributed by atoms with E-state index in [1.54, 1.807) is 12.1 Å². The van der Waals surface area contributed by atoms with Crippen molar-refractivity contribution in [2.45, 2.75) is 6.92 Å². The molecule has 1 amide bonds. The fourth-order valence-electron chi connectivity index (χ4n) is 1.52. The first-order valence-electron chi connectivity index (χ1n) is 5.61. The van der Waals surface area contributed by atoms with Crippen LogP contribution in [0.2, 0.25) is 0 Å². The van der Waals surface area contributed by atoms with Crippen molar-refractivity contribution >= 4 is 23.5 Å². The number of guanidine groups is 1. The molecule has 1 rings (SSSR count). The summed E-state index contributed by atoms with van der Waals surface area (Å²) >= 11 is 0. The van der Waals surface area contributed by atoms with Gasteiger partial charge in [-0.15, -0.1) is 0 Å². The molecule has 0 radical (unpaired) electrons. The Kier molecular flexibility index (Phi) is 4.87. The fraction of sp³-hybridized carbons (Fsp3) is 0.250. The van der Waals surface area contributed by atoms with E-state index in [2.05, 4.69) is 5.32 Å². The number of rotatable bonds is 5. The Morgan fingerprint density at radius 2 is 1.95 bits per heavy atom. The van der Waals surface area contributed by atoms with Gasteiger partial charge in [0.15, 0.2) is 5.96 Å². The molecule has 102 valence electrons. The first-order chi connectivity index (χ1) is 8.91. The van der Waals surface area contributed by atoms with Crippen LogP contribution in [0.5, 0.6) is 0 Å². The lowest BCUT2D eigenvalue weighted by Crippen LogP contribution is -2.41. The summed E-state index contributed by atoms with van der Waals surface area (Å²) < 4.78 is 0.